The number of methoxy groups -OCH3 is 3. The highest BCUT2D eigenvalue weighted by molar-refractivity contribution is 6.32. The molecule has 0 atom stereocenters. The van der Waals surface area contributed by atoms with Crippen molar-refractivity contribution < 1.29 is 14.2 Å². The molecular formula is C35H27ClN6O3. The molecule has 9 nitrogen and oxygen atoms in total. The molecule has 4 aromatic heterocycles. The Morgan fingerprint density at radius 3 is 1.87 bits per heavy atom. The van der Waals surface area contributed by atoms with Crippen molar-refractivity contribution in [3.05, 3.63) is 115 Å². The molecule has 45 heavy (non-hydrogen) atoms. The average molecular weight is 615 g/mol. The predicted octanol–water partition coefficient (Wildman–Crippen LogP) is 7.78. The summed E-state index contributed by atoms with van der Waals surface area (Å²) in [4.78, 5) is 18.3. The minimum atomic E-state index is 0.363. The van der Waals surface area contributed by atoms with Gasteiger partial charge in [-0.25, -0.2) is 19.9 Å². The van der Waals surface area contributed by atoms with E-state index in [1.54, 1.807) is 21.3 Å². The first kappa shape index (κ1) is 28.1. The van der Waals surface area contributed by atoms with E-state index in [4.69, 9.17) is 25.8 Å². The fourth-order valence-corrected chi connectivity index (χ4v) is 5.59. The first-order chi connectivity index (χ1) is 22.1. The van der Waals surface area contributed by atoms with Gasteiger partial charge in [-0.05, 0) is 36.4 Å². The SMILES string of the molecule is COc1cccc(-c2cn3c(n2)c(Cl)nc2ccccc23)c1OC.COc1nc2ccccc2n2cc(-c3ccccc3)nc12. The maximum Gasteiger partial charge on any atom is 0.258 e. The Kier molecular flexibility index (Phi) is 7.36. The largest absolute Gasteiger partial charge is 0.493 e. The van der Waals surface area contributed by atoms with Crippen LogP contribution in [0.15, 0.2) is 109 Å². The molecule has 4 heterocycles. The Morgan fingerprint density at radius 2 is 1.18 bits per heavy atom. The van der Waals surface area contributed by atoms with Crippen molar-refractivity contribution in [1.29, 1.82) is 0 Å². The maximum absolute atomic E-state index is 6.32. The van der Waals surface area contributed by atoms with E-state index < -0.39 is 0 Å². The van der Waals surface area contributed by atoms with Crippen LogP contribution in [0.4, 0.5) is 0 Å². The molecule has 0 saturated carbocycles. The van der Waals surface area contributed by atoms with Crippen LogP contribution in [0.5, 0.6) is 17.4 Å². The standard InChI is InChI=1S/C18H14ClN3O2.C17H13N3O/c1-23-15-9-5-6-11(16(15)24-2)13-10-22-14-8-4-3-7-12(14)20-17(19)18(22)21-13;1-21-17-16-18-14(12-7-3-2-4-8-12)11-20(16)15-10-6-5-9-13(15)19-17/h3-10H,1-2H3;2-11H,1H3. The van der Waals surface area contributed by atoms with Gasteiger partial charge in [-0.2, -0.15) is 0 Å². The van der Waals surface area contributed by atoms with E-state index in [2.05, 4.69) is 19.9 Å². The number of halogens is 1. The molecular weight excluding hydrogens is 588 g/mol. The van der Waals surface area contributed by atoms with Crippen LogP contribution in [0.25, 0.3) is 55.9 Å². The lowest BCUT2D eigenvalue weighted by Crippen LogP contribution is -1.96. The van der Waals surface area contributed by atoms with Crippen LogP contribution >= 0.6 is 11.6 Å². The monoisotopic (exact) mass is 614 g/mol. The Bertz CT molecular complexity index is 2320. The first-order valence-corrected chi connectivity index (χ1v) is 14.5. The molecule has 0 saturated heterocycles. The van der Waals surface area contributed by atoms with Crippen molar-refractivity contribution in [2.45, 2.75) is 0 Å². The summed E-state index contributed by atoms with van der Waals surface area (Å²) in [6.45, 7) is 0. The molecule has 0 aliphatic rings. The Balaban J connectivity index is 0.000000146. The van der Waals surface area contributed by atoms with E-state index in [1.165, 1.54) is 0 Å². The molecule has 10 heteroatoms. The lowest BCUT2D eigenvalue weighted by Gasteiger charge is -2.10. The molecule has 0 bridgehead atoms. The second kappa shape index (κ2) is 11.8. The summed E-state index contributed by atoms with van der Waals surface area (Å²) in [7, 11) is 4.84. The Morgan fingerprint density at radius 1 is 0.556 bits per heavy atom. The summed E-state index contributed by atoms with van der Waals surface area (Å²) in [6, 6.07) is 31.6. The van der Waals surface area contributed by atoms with Crippen LogP contribution in [0.2, 0.25) is 5.15 Å². The van der Waals surface area contributed by atoms with Crippen molar-refractivity contribution in [2.24, 2.45) is 0 Å². The molecule has 0 aliphatic heterocycles. The van der Waals surface area contributed by atoms with Crippen molar-refractivity contribution in [2.75, 3.05) is 21.3 Å². The predicted molar refractivity (Wildman–Crippen MR) is 177 cm³/mol. The van der Waals surface area contributed by atoms with Crippen LogP contribution in [0.1, 0.15) is 0 Å². The summed E-state index contributed by atoms with van der Waals surface area (Å²) < 4.78 is 20.2. The number of hydrogen-bond acceptors (Lipinski definition) is 7. The van der Waals surface area contributed by atoms with Gasteiger partial charge in [0.15, 0.2) is 22.3 Å². The number of benzene rings is 4. The topological polar surface area (TPSA) is 88.1 Å². The van der Waals surface area contributed by atoms with Gasteiger partial charge in [-0.15, -0.1) is 0 Å². The second-order valence-electron chi connectivity index (χ2n) is 10.0. The molecule has 222 valence electrons. The minimum absolute atomic E-state index is 0.363. The lowest BCUT2D eigenvalue weighted by molar-refractivity contribution is 0.356. The van der Waals surface area contributed by atoms with E-state index in [0.717, 1.165) is 50.2 Å². The molecule has 0 amide bonds. The van der Waals surface area contributed by atoms with Gasteiger partial charge in [0.1, 0.15) is 0 Å². The normalized spacial score (nSPS) is 11.1. The van der Waals surface area contributed by atoms with Gasteiger partial charge in [0, 0.05) is 23.5 Å². The molecule has 4 aromatic carbocycles. The summed E-state index contributed by atoms with van der Waals surface area (Å²) in [5.74, 6) is 1.83. The fraction of sp³-hybridized carbons (Fsp3) is 0.0857. The van der Waals surface area contributed by atoms with Crippen molar-refractivity contribution in [1.82, 2.24) is 28.7 Å². The number of fused-ring (bicyclic) bond motifs is 6. The summed E-state index contributed by atoms with van der Waals surface area (Å²) in [5, 5.41) is 0.363. The van der Waals surface area contributed by atoms with Gasteiger partial charge < -0.3 is 14.2 Å². The zero-order valence-corrected chi connectivity index (χ0v) is 25.4. The highest BCUT2D eigenvalue weighted by Crippen LogP contribution is 2.38. The molecule has 0 N–H and O–H groups in total. The third-order valence-electron chi connectivity index (χ3n) is 7.45. The molecule has 0 aliphatic carbocycles. The summed E-state index contributed by atoms with van der Waals surface area (Å²) in [6.07, 6.45) is 3.96. The van der Waals surface area contributed by atoms with Crippen molar-refractivity contribution >= 4 is 45.0 Å². The molecule has 0 radical (unpaired) electrons. The number of hydrogen-bond donors (Lipinski definition) is 0. The van der Waals surface area contributed by atoms with Gasteiger partial charge in [0.05, 0.1) is 54.8 Å². The number of ether oxygens (including phenoxy) is 3. The van der Waals surface area contributed by atoms with Gasteiger partial charge >= 0.3 is 0 Å². The average Bonchev–Trinajstić information content (AvgIpc) is 3.75. The van der Waals surface area contributed by atoms with Crippen molar-refractivity contribution in [3.63, 3.8) is 0 Å². The second-order valence-corrected chi connectivity index (χ2v) is 10.4. The van der Waals surface area contributed by atoms with Crippen LogP contribution in [-0.4, -0.2) is 50.1 Å². The zero-order chi connectivity index (χ0) is 30.9. The molecule has 8 aromatic rings. The smallest absolute Gasteiger partial charge is 0.258 e. The molecule has 0 spiro atoms. The van der Waals surface area contributed by atoms with Gasteiger partial charge in [0.25, 0.3) is 5.88 Å². The number of nitrogens with zero attached hydrogens (tertiary/aromatic N) is 6. The molecule has 0 fully saturated rings. The van der Waals surface area contributed by atoms with E-state index in [1.807, 2.05) is 118 Å². The van der Waals surface area contributed by atoms with E-state index >= 15 is 0 Å². The quantitative estimate of drug-likeness (QED) is 0.196. The van der Waals surface area contributed by atoms with Crippen LogP contribution in [0, 0.1) is 0 Å². The van der Waals surface area contributed by atoms with Gasteiger partial charge in [-0.1, -0.05) is 72.3 Å². The lowest BCUT2D eigenvalue weighted by atomic mass is 10.1. The highest BCUT2D eigenvalue weighted by atomic mass is 35.5. The van der Waals surface area contributed by atoms with E-state index in [-0.39, 0.29) is 0 Å². The summed E-state index contributed by atoms with van der Waals surface area (Å²) in [5.41, 5.74) is 8.56. The van der Waals surface area contributed by atoms with Crippen molar-refractivity contribution in [3.8, 4) is 39.9 Å². The first-order valence-electron chi connectivity index (χ1n) is 14.1. The maximum atomic E-state index is 6.32. The van der Waals surface area contributed by atoms with Gasteiger partial charge in [-0.3, -0.25) is 8.80 Å². The van der Waals surface area contributed by atoms with Crippen LogP contribution < -0.4 is 14.2 Å². The zero-order valence-electron chi connectivity index (χ0n) is 24.7. The number of imidazole rings is 2. The third kappa shape index (κ3) is 5.03. The number of rotatable bonds is 5. The number of aromatic nitrogens is 6. The van der Waals surface area contributed by atoms with E-state index in [0.29, 0.717) is 28.2 Å². The number of para-hydroxylation sites is 5. The summed E-state index contributed by atoms with van der Waals surface area (Å²) >= 11 is 6.32. The fourth-order valence-electron chi connectivity index (χ4n) is 5.37. The Labute approximate surface area is 263 Å². The molecule has 0 unspecified atom stereocenters. The highest BCUT2D eigenvalue weighted by Gasteiger charge is 2.17. The third-order valence-corrected chi connectivity index (χ3v) is 7.71. The van der Waals surface area contributed by atoms with Gasteiger partial charge in [0.2, 0.25) is 5.65 Å². The minimum Gasteiger partial charge on any atom is -0.493 e. The van der Waals surface area contributed by atoms with Crippen LogP contribution in [0.3, 0.4) is 0 Å². The molecule has 8 rings (SSSR count). The Hall–Kier alpha value is -5.67. The van der Waals surface area contributed by atoms with Crippen LogP contribution in [-0.2, 0) is 0 Å². The van der Waals surface area contributed by atoms with E-state index in [9.17, 15) is 0 Å².